The molecular weight excluding hydrogens is 362 g/mol. The van der Waals surface area contributed by atoms with E-state index in [9.17, 15) is 13.2 Å². The highest BCUT2D eigenvalue weighted by Crippen LogP contribution is 2.28. The van der Waals surface area contributed by atoms with Crippen LogP contribution in [-0.2, 0) is 20.4 Å². The zero-order chi connectivity index (χ0) is 20.2. The molecule has 152 valence electrons. The van der Waals surface area contributed by atoms with Crippen molar-refractivity contribution < 1.29 is 13.2 Å². The normalized spacial score (nSPS) is 20.4. The standard InChI is InChI=1S/C20H33N3O3S/c1-16(14-20(2,3)18-11-7-6-8-12-18)21-19(24)17-10-9-13-23(15-17)27(25,26)22(4)5/h6-8,11-12,16-17H,9-10,13-15H2,1-5H3,(H,21,24)/t16-,17-/m1/s1. The molecule has 1 aromatic rings. The van der Waals surface area contributed by atoms with Gasteiger partial charge in [-0.1, -0.05) is 44.2 Å². The molecule has 0 radical (unpaired) electrons. The monoisotopic (exact) mass is 395 g/mol. The summed E-state index contributed by atoms with van der Waals surface area (Å²) in [7, 11) is -0.432. The maximum atomic E-state index is 12.7. The van der Waals surface area contributed by atoms with Crippen molar-refractivity contribution in [3.63, 3.8) is 0 Å². The van der Waals surface area contributed by atoms with Crippen LogP contribution in [0.4, 0.5) is 0 Å². The lowest BCUT2D eigenvalue weighted by Crippen LogP contribution is -2.50. The number of hydrogen-bond donors (Lipinski definition) is 1. The van der Waals surface area contributed by atoms with Crippen molar-refractivity contribution >= 4 is 16.1 Å². The number of benzene rings is 1. The number of nitrogens with zero attached hydrogens (tertiary/aromatic N) is 2. The average molecular weight is 396 g/mol. The van der Waals surface area contributed by atoms with Gasteiger partial charge in [-0.05, 0) is 37.2 Å². The summed E-state index contributed by atoms with van der Waals surface area (Å²) in [5, 5.41) is 3.10. The number of rotatable bonds is 7. The van der Waals surface area contributed by atoms with E-state index in [1.807, 2.05) is 25.1 Å². The maximum Gasteiger partial charge on any atom is 0.281 e. The molecule has 7 heteroatoms. The van der Waals surface area contributed by atoms with Crippen LogP contribution in [0.5, 0.6) is 0 Å². The van der Waals surface area contributed by atoms with E-state index >= 15 is 0 Å². The van der Waals surface area contributed by atoms with Crippen molar-refractivity contribution in [3.05, 3.63) is 35.9 Å². The molecule has 27 heavy (non-hydrogen) atoms. The van der Waals surface area contributed by atoms with Gasteiger partial charge in [-0.2, -0.15) is 17.0 Å². The van der Waals surface area contributed by atoms with Gasteiger partial charge in [0.15, 0.2) is 0 Å². The molecule has 1 saturated heterocycles. The molecule has 1 heterocycles. The summed E-state index contributed by atoms with van der Waals surface area (Å²) in [6.45, 7) is 7.09. The van der Waals surface area contributed by atoms with E-state index in [2.05, 4.69) is 31.3 Å². The van der Waals surface area contributed by atoms with Gasteiger partial charge in [0.05, 0.1) is 5.92 Å². The van der Waals surface area contributed by atoms with Crippen LogP contribution in [0.3, 0.4) is 0 Å². The summed E-state index contributed by atoms with van der Waals surface area (Å²) in [6.07, 6.45) is 2.24. The summed E-state index contributed by atoms with van der Waals surface area (Å²) >= 11 is 0. The number of hydrogen-bond acceptors (Lipinski definition) is 3. The van der Waals surface area contributed by atoms with Crippen molar-refractivity contribution in [2.75, 3.05) is 27.2 Å². The lowest BCUT2D eigenvalue weighted by Gasteiger charge is -2.34. The Labute approximate surface area is 164 Å². The van der Waals surface area contributed by atoms with E-state index in [1.165, 1.54) is 28.3 Å². The molecule has 0 unspecified atom stereocenters. The third-order valence-electron chi connectivity index (χ3n) is 5.30. The van der Waals surface area contributed by atoms with E-state index in [1.54, 1.807) is 0 Å². The molecular formula is C20H33N3O3S. The molecule has 1 amide bonds. The molecule has 6 nitrogen and oxygen atoms in total. The van der Waals surface area contributed by atoms with Crippen molar-refractivity contribution in [1.82, 2.24) is 13.9 Å². The second-order valence-corrected chi connectivity index (χ2v) is 10.5. The van der Waals surface area contributed by atoms with E-state index in [0.717, 1.165) is 12.8 Å². The Balaban J connectivity index is 1.96. The van der Waals surface area contributed by atoms with Gasteiger partial charge in [0.1, 0.15) is 0 Å². The van der Waals surface area contributed by atoms with Gasteiger partial charge >= 0.3 is 0 Å². The molecule has 1 fully saturated rings. The van der Waals surface area contributed by atoms with E-state index in [-0.39, 0.29) is 29.8 Å². The van der Waals surface area contributed by atoms with E-state index in [4.69, 9.17) is 0 Å². The van der Waals surface area contributed by atoms with Gasteiger partial charge in [-0.3, -0.25) is 4.79 Å². The second kappa shape index (κ2) is 8.71. The maximum absolute atomic E-state index is 12.7. The molecule has 0 aliphatic carbocycles. The highest BCUT2D eigenvalue weighted by atomic mass is 32.2. The Bertz CT molecular complexity index is 732. The van der Waals surface area contributed by atoms with Crippen LogP contribution in [-0.4, -0.2) is 56.2 Å². The van der Waals surface area contributed by atoms with Gasteiger partial charge in [0.2, 0.25) is 5.91 Å². The number of piperidine rings is 1. The summed E-state index contributed by atoms with van der Waals surface area (Å²) < 4.78 is 27.3. The van der Waals surface area contributed by atoms with Crippen molar-refractivity contribution in [1.29, 1.82) is 0 Å². The summed E-state index contributed by atoms with van der Waals surface area (Å²) in [5.74, 6) is -0.346. The summed E-state index contributed by atoms with van der Waals surface area (Å²) in [4.78, 5) is 12.7. The predicted molar refractivity (Wildman–Crippen MR) is 109 cm³/mol. The van der Waals surface area contributed by atoms with Crippen LogP contribution >= 0.6 is 0 Å². The Morgan fingerprint density at radius 3 is 2.52 bits per heavy atom. The number of nitrogens with one attached hydrogen (secondary N) is 1. The molecule has 0 aromatic heterocycles. The molecule has 0 saturated carbocycles. The van der Waals surface area contributed by atoms with Gasteiger partial charge in [0.25, 0.3) is 10.2 Å². The molecule has 1 aromatic carbocycles. The lowest BCUT2D eigenvalue weighted by atomic mass is 9.79. The fourth-order valence-electron chi connectivity index (χ4n) is 3.78. The first-order valence-corrected chi connectivity index (χ1v) is 11.0. The first kappa shape index (κ1) is 21.9. The van der Waals surface area contributed by atoms with Gasteiger partial charge in [-0.15, -0.1) is 0 Å². The third-order valence-corrected chi connectivity index (χ3v) is 7.21. The highest BCUT2D eigenvalue weighted by Gasteiger charge is 2.34. The Hall–Kier alpha value is -1.44. The molecule has 1 aliphatic rings. The van der Waals surface area contributed by atoms with Crippen LogP contribution in [0.1, 0.15) is 45.6 Å². The fraction of sp³-hybridized carbons (Fsp3) is 0.650. The quantitative estimate of drug-likeness (QED) is 0.771. The molecule has 1 N–H and O–H groups in total. The van der Waals surface area contributed by atoms with Crippen LogP contribution in [0.25, 0.3) is 0 Å². The summed E-state index contributed by atoms with van der Waals surface area (Å²) in [6, 6.07) is 10.3. The minimum Gasteiger partial charge on any atom is -0.353 e. The first-order chi connectivity index (χ1) is 12.5. The van der Waals surface area contributed by atoms with E-state index < -0.39 is 10.2 Å². The predicted octanol–water partition coefficient (Wildman–Crippen LogP) is 2.38. The van der Waals surface area contributed by atoms with Gasteiger partial charge in [-0.25, -0.2) is 0 Å². The number of carbonyl (C=O) groups excluding carboxylic acids is 1. The topological polar surface area (TPSA) is 69.7 Å². The minimum atomic E-state index is -3.47. The lowest BCUT2D eigenvalue weighted by molar-refractivity contribution is -0.126. The van der Waals surface area contributed by atoms with Crippen molar-refractivity contribution in [2.45, 2.75) is 51.5 Å². The Kier molecular flexibility index (Phi) is 7.05. The Morgan fingerprint density at radius 1 is 1.30 bits per heavy atom. The smallest absolute Gasteiger partial charge is 0.281 e. The number of carbonyl (C=O) groups is 1. The SMILES string of the molecule is C[C@H](CC(C)(C)c1ccccc1)NC(=O)[C@@H]1CCCN(S(=O)(=O)N(C)C)C1. The first-order valence-electron chi connectivity index (χ1n) is 9.57. The average Bonchev–Trinajstić information content (AvgIpc) is 2.61. The molecule has 0 spiro atoms. The van der Waals surface area contributed by atoms with Crippen LogP contribution in [0.15, 0.2) is 30.3 Å². The highest BCUT2D eigenvalue weighted by molar-refractivity contribution is 7.86. The van der Waals surface area contributed by atoms with E-state index in [0.29, 0.717) is 13.0 Å². The molecule has 1 aliphatic heterocycles. The van der Waals surface area contributed by atoms with Gasteiger partial charge < -0.3 is 5.32 Å². The number of amides is 1. The van der Waals surface area contributed by atoms with Crippen molar-refractivity contribution in [2.24, 2.45) is 5.92 Å². The van der Waals surface area contributed by atoms with Gasteiger partial charge in [0, 0.05) is 33.2 Å². The van der Waals surface area contributed by atoms with Crippen molar-refractivity contribution in [3.8, 4) is 0 Å². The van der Waals surface area contributed by atoms with Crippen LogP contribution < -0.4 is 5.32 Å². The minimum absolute atomic E-state index is 0.00791. The second-order valence-electron chi connectivity index (χ2n) is 8.35. The van der Waals surface area contributed by atoms with Crippen LogP contribution in [0.2, 0.25) is 0 Å². The largest absolute Gasteiger partial charge is 0.353 e. The molecule has 2 rings (SSSR count). The third kappa shape index (κ3) is 5.53. The summed E-state index contributed by atoms with van der Waals surface area (Å²) in [5.41, 5.74) is 1.19. The molecule has 0 bridgehead atoms. The Morgan fingerprint density at radius 2 is 1.93 bits per heavy atom. The zero-order valence-corrected chi connectivity index (χ0v) is 17.9. The van der Waals surface area contributed by atoms with Crippen LogP contribution in [0, 0.1) is 5.92 Å². The zero-order valence-electron chi connectivity index (χ0n) is 17.1. The molecule has 2 atom stereocenters. The fourth-order valence-corrected chi connectivity index (χ4v) is 4.97.